The van der Waals surface area contributed by atoms with Crippen molar-refractivity contribution < 1.29 is 15.0 Å². The smallest absolute Gasteiger partial charge is 0.238 e. The molecule has 21 heavy (non-hydrogen) atoms. The molecule has 0 unspecified atom stereocenters. The molecule has 0 aliphatic rings. The average Bonchev–Trinajstić information content (AvgIpc) is 2.42. The molecule has 0 heterocycles. The summed E-state index contributed by atoms with van der Waals surface area (Å²) in [5.74, 6) is -0.107. The number of rotatable bonds is 7. The van der Waals surface area contributed by atoms with E-state index in [1.807, 2.05) is 32.0 Å². The molecular formula is C16H26N2O3. The van der Waals surface area contributed by atoms with Crippen molar-refractivity contribution in [2.75, 3.05) is 38.7 Å². The second-order valence-electron chi connectivity index (χ2n) is 6.17. The van der Waals surface area contributed by atoms with Crippen LogP contribution < -0.4 is 5.32 Å². The molecule has 5 nitrogen and oxygen atoms in total. The van der Waals surface area contributed by atoms with Gasteiger partial charge in [-0.25, -0.2) is 0 Å². The highest BCUT2D eigenvalue weighted by Gasteiger charge is 2.25. The van der Waals surface area contributed by atoms with E-state index >= 15 is 0 Å². The van der Waals surface area contributed by atoms with Crippen LogP contribution in [0.2, 0.25) is 0 Å². The van der Waals surface area contributed by atoms with Gasteiger partial charge in [0.25, 0.3) is 0 Å². The fourth-order valence-electron chi connectivity index (χ4n) is 2.16. The van der Waals surface area contributed by atoms with Crippen LogP contribution in [0.15, 0.2) is 18.2 Å². The van der Waals surface area contributed by atoms with Crippen LogP contribution >= 0.6 is 0 Å². The number of aryl methyl sites for hydroxylation is 2. The Morgan fingerprint density at radius 1 is 1.29 bits per heavy atom. The van der Waals surface area contributed by atoms with Crippen molar-refractivity contribution in [2.45, 2.75) is 20.8 Å². The Morgan fingerprint density at radius 3 is 2.48 bits per heavy atom. The van der Waals surface area contributed by atoms with E-state index < -0.39 is 5.41 Å². The summed E-state index contributed by atoms with van der Waals surface area (Å²) in [5.41, 5.74) is 2.33. The standard InChI is InChI=1S/C16H26N2O3/c1-12-5-6-13(2)14(7-12)17-15(21)8-18(4)9-16(3,10-19)11-20/h5-7,19-20H,8-11H2,1-4H3,(H,17,21). The molecule has 1 amide bonds. The number of carbonyl (C=O) groups is 1. The highest BCUT2D eigenvalue weighted by Crippen LogP contribution is 2.17. The van der Waals surface area contributed by atoms with Gasteiger partial charge in [-0.15, -0.1) is 0 Å². The average molecular weight is 294 g/mol. The van der Waals surface area contributed by atoms with Gasteiger partial charge in [-0.05, 0) is 38.1 Å². The van der Waals surface area contributed by atoms with Crippen molar-refractivity contribution in [2.24, 2.45) is 5.41 Å². The molecule has 0 aromatic heterocycles. The lowest BCUT2D eigenvalue weighted by atomic mass is 9.92. The summed E-state index contributed by atoms with van der Waals surface area (Å²) in [4.78, 5) is 13.9. The first-order valence-electron chi connectivity index (χ1n) is 7.07. The van der Waals surface area contributed by atoms with Gasteiger partial charge in [0.05, 0.1) is 19.8 Å². The topological polar surface area (TPSA) is 72.8 Å². The number of aliphatic hydroxyl groups is 2. The summed E-state index contributed by atoms with van der Waals surface area (Å²) < 4.78 is 0. The van der Waals surface area contributed by atoms with Gasteiger partial charge < -0.3 is 15.5 Å². The number of nitrogens with one attached hydrogen (secondary N) is 1. The van der Waals surface area contributed by atoms with Crippen molar-refractivity contribution >= 4 is 11.6 Å². The molecule has 0 aliphatic heterocycles. The molecule has 118 valence electrons. The summed E-state index contributed by atoms with van der Waals surface area (Å²) in [7, 11) is 1.80. The molecule has 1 aromatic carbocycles. The van der Waals surface area contributed by atoms with Crippen molar-refractivity contribution in [1.29, 1.82) is 0 Å². The zero-order chi connectivity index (χ0) is 16.0. The number of hydrogen-bond donors (Lipinski definition) is 3. The van der Waals surface area contributed by atoms with Crippen LogP contribution in [0.1, 0.15) is 18.1 Å². The monoisotopic (exact) mass is 294 g/mol. The highest BCUT2D eigenvalue weighted by atomic mass is 16.3. The Hall–Kier alpha value is -1.43. The largest absolute Gasteiger partial charge is 0.396 e. The van der Waals surface area contributed by atoms with Gasteiger partial charge in [0.2, 0.25) is 5.91 Å². The molecule has 1 aromatic rings. The molecule has 0 saturated heterocycles. The van der Waals surface area contributed by atoms with Gasteiger partial charge in [0, 0.05) is 17.6 Å². The summed E-state index contributed by atoms with van der Waals surface area (Å²) in [6.45, 7) is 6.14. The maximum absolute atomic E-state index is 12.1. The van der Waals surface area contributed by atoms with Crippen LogP contribution in [-0.2, 0) is 4.79 Å². The summed E-state index contributed by atoms with van der Waals surface area (Å²) in [5, 5.41) is 21.5. The Labute approximate surface area is 126 Å². The van der Waals surface area contributed by atoms with Crippen LogP contribution in [0.5, 0.6) is 0 Å². The summed E-state index contributed by atoms with van der Waals surface area (Å²) in [6.07, 6.45) is 0. The van der Waals surface area contributed by atoms with E-state index in [-0.39, 0.29) is 25.7 Å². The van der Waals surface area contributed by atoms with Gasteiger partial charge in [-0.1, -0.05) is 19.1 Å². The number of carbonyl (C=O) groups excluding carboxylic acids is 1. The van der Waals surface area contributed by atoms with E-state index in [0.29, 0.717) is 6.54 Å². The Bertz CT molecular complexity index is 484. The van der Waals surface area contributed by atoms with Gasteiger partial charge in [-0.2, -0.15) is 0 Å². The van der Waals surface area contributed by atoms with Crippen molar-refractivity contribution in [3.8, 4) is 0 Å². The fraction of sp³-hybridized carbons (Fsp3) is 0.562. The van der Waals surface area contributed by atoms with E-state index in [1.165, 1.54) is 0 Å². The molecule has 1 rings (SSSR count). The molecule has 0 aliphatic carbocycles. The number of benzene rings is 1. The van der Waals surface area contributed by atoms with E-state index in [9.17, 15) is 15.0 Å². The minimum Gasteiger partial charge on any atom is -0.396 e. The predicted molar refractivity (Wildman–Crippen MR) is 84.3 cm³/mol. The molecule has 0 saturated carbocycles. The molecule has 0 spiro atoms. The predicted octanol–water partition coefficient (Wildman–Crippen LogP) is 1.16. The van der Waals surface area contributed by atoms with Crippen LogP contribution in [0, 0.1) is 19.3 Å². The lowest BCUT2D eigenvalue weighted by Crippen LogP contribution is -2.42. The quantitative estimate of drug-likeness (QED) is 0.706. The summed E-state index contributed by atoms with van der Waals surface area (Å²) in [6, 6.07) is 5.92. The molecule has 0 atom stereocenters. The van der Waals surface area contributed by atoms with E-state index in [1.54, 1.807) is 18.9 Å². The first-order chi connectivity index (χ1) is 9.79. The molecule has 0 fully saturated rings. The molecule has 0 bridgehead atoms. The third-order valence-electron chi connectivity index (χ3n) is 3.50. The highest BCUT2D eigenvalue weighted by molar-refractivity contribution is 5.93. The zero-order valence-electron chi connectivity index (χ0n) is 13.3. The Kier molecular flexibility index (Phi) is 6.33. The molecule has 3 N–H and O–H groups in total. The van der Waals surface area contributed by atoms with Crippen LogP contribution in [0.25, 0.3) is 0 Å². The van der Waals surface area contributed by atoms with Crippen molar-refractivity contribution in [3.63, 3.8) is 0 Å². The SMILES string of the molecule is Cc1ccc(C)c(NC(=O)CN(C)CC(C)(CO)CO)c1. The molecule has 5 heteroatoms. The second-order valence-corrected chi connectivity index (χ2v) is 6.17. The number of nitrogens with zero attached hydrogens (tertiary/aromatic N) is 1. The van der Waals surface area contributed by atoms with Gasteiger partial charge in [0.1, 0.15) is 0 Å². The maximum Gasteiger partial charge on any atom is 0.238 e. The Balaban J connectivity index is 2.59. The van der Waals surface area contributed by atoms with E-state index in [0.717, 1.165) is 16.8 Å². The van der Waals surface area contributed by atoms with E-state index in [4.69, 9.17) is 0 Å². The van der Waals surface area contributed by atoms with Crippen LogP contribution in [0.3, 0.4) is 0 Å². The third-order valence-corrected chi connectivity index (χ3v) is 3.50. The Morgan fingerprint density at radius 2 is 1.90 bits per heavy atom. The lowest BCUT2D eigenvalue weighted by molar-refractivity contribution is -0.117. The maximum atomic E-state index is 12.1. The number of anilines is 1. The zero-order valence-corrected chi connectivity index (χ0v) is 13.3. The number of hydrogen-bond acceptors (Lipinski definition) is 4. The minimum atomic E-state index is -0.603. The molecule has 0 radical (unpaired) electrons. The number of aliphatic hydroxyl groups excluding tert-OH is 2. The third kappa shape index (κ3) is 5.46. The number of likely N-dealkylation sites (N-methyl/N-ethyl adjacent to an activating group) is 1. The van der Waals surface area contributed by atoms with Crippen molar-refractivity contribution in [1.82, 2.24) is 4.90 Å². The fourth-order valence-corrected chi connectivity index (χ4v) is 2.16. The normalized spacial score (nSPS) is 11.8. The molecular weight excluding hydrogens is 268 g/mol. The summed E-state index contributed by atoms with van der Waals surface area (Å²) >= 11 is 0. The first kappa shape index (κ1) is 17.6. The van der Waals surface area contributed by atoms with E-state index in [2.05, 4.69) is 5.32 Å². The second kappa shape index (κ2) is 7.54. The van der Waals surface area contributed by atoms with Crippen LogP contribution in [-0.4, -0.2) is 54.4 Å². The lowest BCUT2D eigenvalue weighted by Gasteiger charge is -2.30. The van der Waals surface area contributed by atoms with Crippen molar-refractivity contribution in [3.05, 3.63) is 29.3 Å². The minimum absolute atomic E-state index is 0.107. The first-order valence-corrected chi connectivity index (χ1v) is 7.07. The van der Waals surface area contributed by atoms with Crippen LogP contribution in [0.4, 0.5) is 5.69 Å². The number of amides is 1. The van der Waals surface area contributed by atoms with Gasteiger partial charge in [0.15, 0.2) is 0 Å². The van der Waals surface area contributed by atoms with Gasteiger partial charge in [-0.3, -0.25) is 9.69 Å². The van der Waals surface area contributed by atoms with Gasteiger partial charge >= 0.3 is 0 Å².